The topological polar surface area (TPSA) is 237 Å². The van der Waals surface area contributed by atoms with Gasteiger partial charge in [-0.3, -0.25) is 37.3 Å². The maximum absolute atomic E-state index is 13.1. The molecule has 0 rings (SSSR count). The molecule has 0 spiro atoms. The Morgan fingerprint density at radius 2 is 0.511 bits per heavy atom. The number of phosphoric ester groups is 2. The van der Waals surface area contributed by atoms with Crippen molar-refractivity contribution in [1.82, 2.24) is 0 Å². The van der Waals surface area contributed by atoms with Gasteiger partial charge in [-0.15, -0.1) is 0 Å². The minimum Gasteiger partial charge on any atom is -0.462 e. The third-order valence-corrected chi connectivity index (χ3v) is 18.9. The Morgan fingerprint density at radius 3 is 0.777 bits per heavy atom. The quantitative estimate of drug-likeness (QED) is 0.0169. The largest absolute Gasteiger partial charge is 0.472 e. The Balaban J connectivity index is 5.29. The molecule has 0 saturated carbocycles. The van der Waals surface area contributed by atoms with Crippen molar-refractivity contribution < 1.29 is 80.2 Å². The van der Waals surface area contributed by atoms with Crippen molar-refractivity contribution >= 4 is 39.5 Å². The van der Waals surface area contributed by atoms with Crippen LogP contribution in [0.25, 0.3) is 0 Å². The first-order valence-corrected chi connectivity index (χ1v) is 41.6. The van der Waals surface area contributed by atoms with E-state index < -0.39 is 97.5 Å². The van der Waals surface area contributed by atoms with E-state index in [1.165, 1.54) is 193 Å². The van der Waals surface area contributed by atoms with Gasteiger partial charge >= 0.3 is 39.5 Å². The van der Waals surface area contributed by atoms with Crippen LogP contribution >= 0.6 is 15.6 Å². The van der Waals surface area contributed by atoms with E-state index in [4.69, 9.17) is 37.0 Å². The summed E-state index contributed by atoms with van der Waals surface area (Å²) in [6.07, 6.45) is 61.6. The molecular weight excluding hydrogens is 1230 g/mol. The molecule has 0 aliphatic rings. The number of aliphatic hydroxyl groups is 1. The number of phosphoric acid groups is 2. The lowest BCUT2D eigenvalue weighted by atomic mass is 10.0. The summed E-state index contributed by atoms with van der Waals surface area (Å²) in [5.41, 5.74) is 0. The number of ether oxygens (including phenoxy) is 4. The van der Waals surface area contributed by atoms with Gasteiger partial charge in [0.25, 0.3) is 0 Å². The molecule has 0 amide bonds. The molecule has 0 bridgehead atoms. The molecule has 0 aromatic carbocycles. The van der Waals surface area contributed by atoms with Crippen LogP contribution in [-0.4, -0.2) is 96.7 Å². The van der Waals surface area contributed by atoms with Crippen LogP contribution in [0.4, 0.5) is 0 Å². The van der Waals surface area contributed by atoms with Gasteiger partial charge in [0.15, 0.2) is 12.2 Å². The lowest BCUT2D eigenvalue weighted by Gasteiger charge is -2.21. The van der Waals surface area contributed by atoms with E-state index in [0.717, 1.165) is 103 Å². The predicted molar refractivity (Wildman–Crippen MR) is 381 cm³/mol. The Hall–Kier alpha value is -2.46. The maximum atomic E-state index is 13.1. The van der Waals surface area contributed by atoms with Gasteiger partial charge in [-0.05, 0) is 51.4 Å². The summed E-state index contributed by atoms with van der Waals surface area (Å²) in [5, 5.41) is 10.6. The van der Waals surface area contributed by atoms with Crippen molar-refractivity contribution in [2.75, 3.05) is 39.6 Å². The third kappa shape index (κ3) is 68.1. The molecular formula is C75H142O17P2. The minimum absolute atomic E-state index is 0.0860. The van der Waals surface area contributed by atoms with Gasteiger partial charge in [0.1, 0.15) is 19.3 Å². The Morgan fingerprint density at radius 1 is 0.298 bits per heavy atom. The molecule has 554 valence electrons. The zero-order valence-corrected chi connectivity index (χ0v) is 62.2. The van der Waals surface area contributed by atoms with E-state index in [1.807, 2.05) is 0 Å². The van der Waals surface area contributed by atoms with E-state index in [9.17, 15) is 43.2 Å². The fraction of sp³-hybridized carbons (Fsp3) is 0.893. The number of allylic oxidation sites excluding steroid dienone is 4. The number of carbonyl (C=O) groups excluding carboxylic acids is 4. The molecule has 0 aliphatic carbocycles. The van der Waals surface area contributed by atoms with Crippen LogP contribution in [0.1, 0.15) is 374 Å². The van der Waals surface area contributed by atoms with Crippen molar-refractivity contribution in [1.29, 1.82) is 0 Å². The summed E-state index contributed by atoms with van der Waals surface area (Å²) in [6, 6.07) is 0. The van der Waals surface area contributed by atoms with E-state index in [0.29, 0.717) is 25.7 Å². The molecule has 0 fully saturated rings. The monoisotopic (exact) mass is 1380 g/mol. The average Bonchev–Trinajstić information content (AvgIpc) is 1.29. The smallest absolute Gasteiger partial charge is 0.462 e. The second-order valence-electron chi connectivity index (χ2n) is 26.4. The summed E-state index contributed by atoms with van der Waals surface area (Å²) < 4.78 is 68.5. The molecule has 0 saturated heterocycles. The van der Waals surface area contributed by atoms with Gasteiger partial charge in [-0.25, -0.2) is 9.13 Å². The molecule has 94 heavy (non-hydrogen) atoms. The number of aliphatic hydroxyl groups excluding tert-OH is 1. The zero-order chi connectivity index (χ0) is 69.0. The summed E-state index contributed by atoms with van der Waals surface area (Å²) in [5.74, 6) is -2.14. The number of carbonyl (C=O) groups is 4. The molecule has 2 unspecified atom stereocenters. The van der Waals surface area contributed by atoms with Crippen molar-refractivity contribution in [3.8, 4) is 0 Å². The van der Waals surface area contributed by atoms with Crippen LogP contribution in [0.2, 0.25) is 0 Å². The fourth-order valence-corrected chi connectivity index (χ4v) is 12.6. The van der Waals surface area contributed by atoms with Crippen LogP contribution in [-0.2, 0) is 65.4 Å². The second kappa shape index (κ2) is 69.0. The van der Waals surface area contributed by atoms with Crippen molar-refractivity contribution in [3.05, 3.63) is 24.3 Å². The fourth-order valence-electron chi connectivity index (χ4n) is 11.0. The van der Waals surface area contributed by atoms with Crippen molar-refractivity contribution in [2.45, 2.75) is 393 Å². The van der Waals surface area contributed by atoms with Gasteiger partial charge in [0.2, 0.25) is 0 Å². The zero-order valence-electron chi connectivity index (χ0n) is 60.4. The van der Waals surface area contributed by atoms with Crippen LogP contribution in [0.5, 0.6) is 0 Å². The molecule has 0 aliphatic heterocycles. The first-order chi connectivity index (χ1) is 45.7. The molecule has 0 aromatic heterocycles. The molecule has 19 heteroatoms. The molecule has 5 atom stereocenters. The van der Waals surface area contributed by atoms with Gasteiger partial charge in [-0.2, -0.15) is 0 Å². The van der Waals surface area contributed by atoms with E-state index in [-0.39, 0.29) is 25.7 Å². The molecule has 0 radical (unpaired) electrons. The lowest BCUT2D eigenvalue weighted by Crippen LogP contribution is -2.30. The summed E-state index contributed by atoms with van der Waals surface area (Å²) in [7, 11) is -9.92. The van der Waals surface area contributed by atoms with Crippen molar-refractivity contribution in [2.24, 2.45) is 0 Å². The van der Waals surface area contributed by atoms with E-state index in [2.05, 4.69) is 52.0 Å². The average molecular weight is 1380 g/mol. The highest BCUT2D eigenvalue weighted by Gasteiger charge is 2.30. The highest BCUT2D eigenvalue weighted by Crippen LogP contribution is 2.45. The second-order valence-corrected chi connectivity index (χ2v) is 29.3. The minimum atomic E-state index is -4.96. The van der Waals surface area contributed by atoms with E-state index >= 15 is 0 Å². The highest BCUT2D eigenvalue weighted by atomic mass is 31.2. The maximum Gasteiger partial charge on any atom is 0.472 e. The molecule has 3 N–H and O–H groups in total. The van der Waals surface area contributed by atoms with Crippen LogP contribution in [0.3, 0.4) is 0 Å². The normalized spacial score (nSPS) is 14.1. The standard InChI is InChI=1S/C75H142O17P2/c1-5-9-13-17-21-25-29-33-35-37-41-44-48-52-56-60-73(78)86-66-71(92-75(80)62-58-54-50-46-42-38-36-34-30-26-22-18-14-10-6-2)68-90-94(83,84)88-64-69(76)63-87-93(81,82)89-67-70(91-74(79)61-57-53-49-45-40-32-28-24-20-16-12-8-4)65-85-72(77)59-55-51-47-43-39-31-27-23-19-15-11-7-3/h26,30,34,36,69-71,76H,5-25,27-29,31-33,35,37-68H2,1-4H3,(H,81,82)(H,83,84)/b30-26-,36-34-/t69-,70+,71+/m0/s1. The van der Waals surface area contributed by atoms with Crippen LogP contribution in [0, 0.1) is 0 Å². The molecule has 0 aromatic rings. The van der Waals surface area contributed by atoms with Crippen LogP contribution < -0.4 is 0 Å². The Bertz CT molecular complexity index is 1880. The van der Waals surface area contributed by atoms with Gasteiger partial charge in [0, 0.05) is 25.7 Å². The van der Waals surface area contributed by atoms with Crippen LogP contribution in [0.15, 0.2) is 24.3 Å². The number of esters is 4. The first-order valence-electron chi connectivity index (χ1n) is 38.6. The van der Waals surface area contributed by atoms with Gasteiger partial charge < -0.3 is 33.8 Å². The number of rotatable bonds is 74. The first kappa shape index (κ1) is 91.5. The van der Waals surface area contributed by atoms with Crippen molar-refractivity contribution in [3.63, 3.8) is 0 Å². The summed E-state index contributed by atoms with van der Waals surface area (Å²) >= 11 is 0. The number of hydrogen-bond donors (Lipinski definition) is 3. The molecule has 0 heterocycles. The highest BCUT2D eigenvalue weighted by molar-refractivity contribution is 7.47. The van der Waals surface area contributed by atoms with E-state index in [1.54, 1.807) is 0 Å². The number of unbranched alkanes of at least 4 members (excludes halogenated alkanes) is 45. The molecule has 17 nitrogen and oxygen atoms in total. The third-order valence-electron chi connectivity index (χ3n) is 17.0. The van der Waals surface area contributed by atoms with Gasteiger partial charge in [-0.1, -0.05) is 322 Å². The Labute approximate surface area is 573 Å². The Kier molecular flexibility index (Phi) is 67.2. The number of hydrogen-bond acceptors (Lipinski definition) is 15. The summed E-state index contributed by atoms with van der Waals surface area (Å²) in [4.78, 5) is 72.8. The summed E-state index contributed by atoms with van der Waals surface area (Å²) in [6.45, 7) is 4.92. The lowest BCUT2D eigenvalue weighted by molar-refractivity contribution is -0.161. The predicted octanol–water partition coefficient (Wildman–Crippen LogP) is 21.8. The van der Waals surface area contributed by atoms with Gasteiger partial charge in [0.05, 0.1) is 26.4 Å². The SMILES string of the molecule is CCCCCC/C=C\C=C/CCCCCCCC(=O)O[C@H](COC(=O)CCCCCCCCCCCCCCCCC)COP(=O)(O)OC[C@@H](O)COP(=O)(O)OC[C@@H](COC(=O)CCCCCCCCCCCCCC)OC(=O)CCCCCCCCCCCCCC.